The third-order valence-electron chi connectivity index (χ3n) is 5.15. The molecule has 30 heavy (non-hydrogen) atoms. The summed E-state index contributed by atoms with van der Waals surface area (Å²) in [4.78, 5) is 44.0. The molecule has 1 fully saturated rings. The second-order valence-electron chi connectivity index (χ2n) is 6.81. The quantitative estimate of drug-likeness (QED) is 0.445. The molecule has 156 valence electrons. The van der Waals surface area contributed by atoms with Crippen LogP contribution in [0.25, 0.3) is 5.65 Å². The molecular weight excluding hydrogens is 419 g/mol. The average Bonchev–Trinajstić information content (AvgIpc) is 3.29. The second-order valence-corrected chi connectivity index (χ2v) is 7.18. The van der Waals surface area contributed by atoms with Crippen molar-refractivity contribution < 1.29 is 18.7 Å². The number of hydrogen-bond donors (Lipinski definition) is 2. The maximum Gasteiger partial charge on any atom is 0.523 e. The Balaban J connectivity index is 1.96. The minimum Gasteiger partial charge on any atom is -0.413 e. The number of aromatic amines is 1. The van der Waals surface area contributed by atoms with E-state index < -0.39 is 33.9 Å². The van der Waals surface area contributed by atoms with Crippen LogP contribution in [0.2, 0.25) is 0 Å². The largest absolute Gasteiger partial charge is 0.523 e. The molecule has 12 heteroatoms. The number of fused-ring (bicyclic) bond motifs is 1. The van der Waals surface area contributed by atoms with Gasteiger partial charge in [-0.1, -0.05) is 0 Å². The van der Waals surface area contributed by atoms with Gasteiger partial charge in [0.15, 0.2) is 18.3 Å². The molecule has 0 spiro atoms. The zero-order chi connectivity index (χ0) is 21.5. The van der Waals surface area contributed by atoms with Crippen LogP contribution >= 0.6 is 11.6 Å². The summed E-state index contributed by atoms with van der Waals surface area (Å²) < 4.78 is 20.0. The lowest BCUT2D eigenvalue weighted by molar-refractivity contribution is 0.100. The van der Waals surface area contributed by atoms with E-state index in [0.717, 1.165) is 12.3 Å². The van der Waals surface area contributed by atoms with Gasteiger partial charge in [0.25, 0.3) is 11.5 Å². The highest BCUT2D eigenvalue weighted by Crippen LogP contribution is 2.40. The Morgan fingerprint density at radius 3 is 3.00 bits per heavy atom. The molecule has 0 saturated carbocycles. The smallest absolute Gasteiger partial charge is 0.413 e. The number of pyridine rings is 1. The fourth-order valence-electron chi connectivity index (χ4n) is 3.75. The van der Waals surface area contributed by atoms with Gasteiger partial charge in [0.1, 0.15) is 11.4 Å². The minimum atomic E-state index is -0.866. The lowest BCUT2D eigenvalue weighted by atomic mass is 10.1. The normalized spacial score (nSPS) is 21.1. The topological polar surface area (TPSA) is 132 Å². The number of primary amides is 1. The van der Waals surface area contributed by atoms with Gasteiger partial charge in [-0.05, 0) is 6.07 Å². The number of H-pyrrole nitrogens is 1. The lowest BCUT2D eigenvalue weighted by Gasteiger charge is -2.32. The van der Waals surface area contributed by atoms with Gasteiger partial charge in [0.05, 0.1) is 18.3 Å². The van der Waals surface area contributed by atoms with Crippen LogP contribution in [0.15, 0.2) is 35.5 Å². The fraction of sp³-hybridized carbons (Fsp3) is 0.278. The van der Waals surface area contributed by atoms with E-state index >= 15 is 0 Å². The van der Waals surface area contributed by atoms with E-state index in [9.17, 15) is 18.8 Å². The van der Waals surface area contributed by atoms with Crippen LogP contribution in [0.5, 0.6) is 0 Å². The van der Waals surface area contributed by atoms with Crippen molar-refractivity contribution in [3.05, 3.63) is 58.0 Å². The number of aromatic nitrogens is 4. The van der Waals surface area contributed by atoms with Gasteiger partial charge < -0.3 is 15.5 Å². The van der Waals surface area contributed by atoms with Crippen LogP contribution in [0.3, 0.4) is 0 Å². The van der Waals surface area contributed by atoms with Crippen molar-refractivity contribution in [3.8, 4) is 0 Å². The summed E-state index contributed by atoms with van der Waals surface area (Å²) in [6, 6.07) is 1.74. The number of carbonyl (C=O) groups is 2. The SMILES string of the molecule is NC(=O)c1cnn2ccc([N+]3(CCCCl)C(=O)OCC3c3cc(F)c[nH]c3=O)nc12. The van der Waals surface area contributed by atoms with Crippen molar-refractivity contribution in [2.75, 3.05) is 19.0 Å². The number of amides is 2. The Morgan fingerprint density at radius 1 is 1.47 bits per heavy atom. The summed E-state index contributed by atoms with van der Waals surface area (Å²) in [7, 11) is 0. The molecule has 4 rings (SSSR count). The number of alkyl halides is 1. The standard InChI is InChI=1S/C18H16ClFN6O4/c19-3-1-5-26(14-2-4-25-16(24-14)12(8-23-25)15(21)27)13(9-30-18(26)29)11-6-10(20)7-22-17(11)28/h2,4,6-8,13H,1,3,5,9H2,(H2-,21,22,27,28)/p+1. The minimum absolute atomic E-state index is 0.0423. The van der Waals surface area contributed by atoms with Crippen LogP contribution < -0.4 is 15.8 Å². The molecule has 0 radical (unpaired) electrons. The molecule has 10 nitrogen and oxygen atoms in total. The van der Waals surface area contributed by atoms with Crippen LogP contribution in [-0.4, -0.2) is 50.6 Å². The van der Waals surface area contributed by atoms with Crippen molar-refractivity contribution in [1.82, 2.24) is 24.1 Å². The summed E-state index contributed by atoms with van der Waals surface area (Å²) in [5.74, 6) is -0.952. The molecule has 4 heterocycles. The number of cyclic esters (lactones) is 1. The highest BCUT2D eigenvalue weighted by Gasteiger charge is 2.56. The molecule has 1 aliphatic rings. The zero-order valence-electron chi connectivity index (χ0n) is 15.5. The predicted molar refractivity (Wildman–Crippen MR) is 105 cm³/mol. The number of rotatable bonds is 6. The Labute approximate surface area is 173 Å². The van der Waals surface area contributed by atoms with E-state index in [2.05, 4.69) is 15.1 Å². The van der Waals surface area contributed by atoms with Gasteiger partial charge in [-0.2, -0.15) is 19.4 Å². The molecule has 2 atom stereocenters. The maximum atomic E-state index is 13.9. The summed E-state index contributed by atoms with van der Waals surface area (Å²) in [6.07, 6.45) is 3.45. The number of nitrogens with one attached hydrogen (secondary N) is 1. The van der Waals surface area contributed by atoms with Gasteiger partial charge in [-0.25, -0.2) is 8.91 Å². The van der Waals surface area contributed by atoms with Crippen molar-refractivity contribution in [2.45, 2.75) is 12.5 Å². The zero-order valence-corrected chi connectivity index (χ0v) is 16.3. The molecule has 3 aromatic heterocycles. The van der Waals surface area contributed by atoms with E-state index in [1.807, 2.05) is 0 Å². The van der Waals surface area contributed by atoms with Crippen molar-refractivity contribution in [1.29, 1.82) is 0 Å². The van der Waals surface area contributed by atoms with Crippen LogP contribution in [0, 0.1) is 5.82 Å². The van der Waals surface area contributed by atoms with E-state index in [0.29, 0.717) is 6.42 Å². The van der Waals surface area contributed by atoms with Crippen molar-refractivity contribution in [2.24, 2.45) is 5.73 Å². The Kier molecular flexibility index (Phi) is 5.00. The highest BCUT2D eigenvalue weighted by atomic mass is 35.5. The molecule has 2 amide bonds. The molecule has 0 aliphatic carbocycles. The van der Waals surface area contributed by atoms with E-state index in [1.165, 1.54) is 23.0 Å². The predicted octanol–water partition coefficient (Wildman–Crippen LogP) is 1.48. The van der Waals surface area contributed by atoms with Gasteiger partial charge in [-0.3, -0.25) is 9.59 Å². The molecule has 3 N–H and O–H groups in total. The molecule has 1 aliphatic heterocycles. The average molecular weight is 436 g/mol. The van der Waals surface area contributed by atoms with Crippen molar-refractivity contribution in [3.63, 3.8) is 0 Å². The third kappa shape index (κ3) is 3.02. The highest BCUT2D eigenvalue weighted by molar-refractivity contribution is 6.17. The lowest BCUT2D eigenvalue weighted by Crippen LogP contribution is -2.54. The van der Waals surface area contributed by atoms with E-state index in [1.54, 1.807) is 0 Å². The number of nitrogens with two attached hydrogens (primary N) is 1. The number of halogens is 2. The van der Waals surface area contributed by atoms with E-state index in [4.69, 9.17) is 22.1 Å². The monoisotopic (exact) mass is 435 g/mol. The molecular formula is C18H17ClFN6O4+. The fourth-order valence-corrected chi connectivity index (χ4v) is 3.87. The Morgan fingerprint density at radius 2 is 2.27 bits per heavy atom. The summed E-state index contributed by atoms with van der Waals surface area (Å²) in [5, 5.41) is 4.02. The number of ether oxygens (including phenoxy) is 1. The number of quaternary nitrogens is 1. The first-order valence-electron chi connectivity index (χ1n) is 9.02. The van der Waals surface area contributed by atoms with Crippen LogP contribution in [0.4, 0.5) is 15.0 Å². The maximum absolute atomic E-state index is 13.9. The van der Waals surface area contributed by atoms with Gasteiger partial charge in [0, 0.05) is 30.8 Å². The molecule has 2 unspecified atom stereocenters. The van der Waals surface area contributed by atoms with Gasteiger partial charge in [-0.15, -0.1) is 11.6 Å². The second kappa shape index (κ2) is 7.50. The summed E-state index contributed by atoms with van der Waals surface area (Å²) in [5.41, 5.74) is 5.10. The van der Waals surface area contributed by atoms with Crippen molar-refractivity contribution >= 4 is 35.1 Å². The molecule has 0 aromatic carbocycles. The first kappa shape index (κ1) is 20.0. The molecule has 0 bridgehead atoms. The summed E-state index contributed by atoms with van der Waals surface area (Å²) in [6.45, 7) is -0.00534. The van der Waals surface area contributed by atoms with Crippen LogP contribution in [-0.2, 0) is 4.74 Å². The molecule has 1 saturated heterocycles. The number of hydrogen-bond acceptors (Lipinski definition) is 6. The number of carbonyl (C=O) groups excluding carboxylic acids is 2. The number of nitrogens with zero attached hydrogens (tertiary/aromatic N) is 4. The first-order chi connectivity index (χ1) is 14.4. The van der Waals surface area contributed by atoms with Gasteiger partial charge >= 0.3 is 6.09 Å². The Hall–Kier alpha value is -3.31. The van der Waals surface area contributed by atoms with E-state index in [-0.39, 0.29) is 41.6 Å². The third-order valence-corrected chi connectivity index (χ3v) is 5.42. The van der Waals surface area contributed by atoms with Crippen LogP contribution in [0.1, 0.15) is 28.4 Å². The molecule has 3 aromatic rings. The summed E-state index contributed by atoms with van der Waals surface area (Å²) >= 11 is 5.89. The first-order valence-corrected chi connectivity index (χ1v) is 9.56. The van der Waals surface area contributed by atoms with Gasteiger partial charge in [0.2, 0.25) is 5.82 Å². The Bertz CT molecular complexity index is 1210.